The van der Waals surface area contributed by atoms with Crippen molar-refractivity contribution in [3.8, 4) is 0 Å². The first-order chi connectivity index (χ1) is 6.70. The van der Waals surface area contributed by atoms with Gasteiger partial charge in [-0.3, -0.25) is 0 Å². The summed E-state index contributed by atoms with van der Waals surface area (Å²) < 4.78 is 1.09. The quantitative estimate of drug-likeness (QED) is 0.263. The molecular weight excluding hydrogens is 329 g/mol. The number of hydrogen-bond acceptors (Lipinski definition) is 8. The zero-order valence-electron chi connectivity index (χ0n) is 7.40. The van der Waals surface area contributed by atoms with E-state index in [1.165, 1.54) is 0 Å². The second-order valence-electron chi connectivity index (χ2n) is 2.07. The van der Waals surface area contributed by atoms with Crippen LogP contribution in [0.4, 0.5) is 0 Å². The standard InChI is InChI=1S/C4H8S4.C2H6S4/c5-3-1-7-4(6)2-8-3;3-1-5-6-2-4/h3-6H,1-2H2;3-4H,1-2H2. The summed E-state index contributed by atoms with van der Waals surface area (Å²) in [6.45, 7) is 0. The molecule has 0 aromatic heterocycles. The van der Waals surface area contributed by atoms with Gasteiger partial charge in [-0.05, 0) is 0 Å². The van der Waals surface area contributed by atoms with E-state index in [0.29, 0.717) is 9.16 Å². The molecule has 2 atom stereocenters. The summed E-state index contributed by atoms with van der Waals surface area (Å²) in [6, 6.07) is 0. The van der Waals surface area contributed by atoms with Crippen LogP contribution in [0.25, 0.3) is 0 Å². The fraction of sp³-hybridized carbons (Fsp3) is 1.00. The Balaban J connectivity index is 0.000000255. The fourth-order valence-electron chi connectivity index (χ4n) is 0.558. The van der Waals surface area contributed by atoms with Crippen molar-refractivity contribution in [2.45, 2.75) is 9.16 Å². The van der Waals surface area contributed by atoms with Gasteiger partial charge in [-0.2, -0.15) is 50.5 Å². The van der Waals surface area contributed by atoms with Crippen molar-refractivity contribution in [2.75, 3.05) is 21.7 Å². The van der Waals surface area contributed by atoms with Gasteiger partial charge in [0, 0.05) is 21.7 Å². The molecule has 0 aromatic rings. The van der Waals surface area contributed by atoms with Crippen LogP contribution in [-0.4, -0.2) is 30.8 Å². The first kappa shape index (κ1) is 16.8. The predicted octanol–water partition coefficient (Wildman–Crippen LogP) is 4.12. The lowest BCUT2D eigenvalue weighted by molar-refractivity contribution is 1.34. The maximum absolute atomic E-state index is 4.31. The lowest BCUT2D eigenvalue weighted by Crippen LogP contribution is -2.12. The minimum absolute atomic E-state index is 0.545. The highest BCUT2D eigenvalue weighted by Crippen LogP contribution is 2.32. The van der Waals surface area contributed by atoms with Gasteiger partial charge in [0.05, 0.1) is 9.16 Å². The van der Waals surface area contributed by atoms with E-state index < -0.39 is 0 Å². The molecule has 1 rings (SSSR count). The zero-order valence-corrected chi connectivity index (χ0v) is 14.2. The molecule has 0 nitrogen and oxygen atoms in total. The summed E-state index contributed by atoms with van der Waals surface area (Å²) in [7, 11) is 3.43. The van der Waals surface area contributed by atoms with Crippen molar-refractivity contribution in [1.29, 1.82) is 0 Å². The topological polar surface area (TPSA) is 0 Å². The van der Waals surface area contributed by atoms with E-state index in [4.69, 9.17) is 0 Å². The lowest BCUT2D eigenvalue weighted by Gasteiger charge is -2.20. The number of thioether (sulfide) groups is 2. The molecule has 0 spiro atoms. The average Bonchev–Trinajstić information content (AvgIpc) is 2.20. The lowest BCUT2D eigenvalue weighted by atomic mass is 10.9. The molecule has 0 N–H and O–H groups in total. The smallest absolute Gasteiger partial charge is 0.0563 e. The molecule has 1 aliphatic rings. The van der Waals surface area contributed by atoms with Gasteiger partial charge in [-0.15, -0.1) is 23.5 Å². The Hall–Kier alpha value is 2.80. The third-order valence-corrected chi connectivity index (χ3v) is 8.79. The third-order valence-electron chi connectivity index (χ3n) is 1.05. The summed E-state index contributed by atoms with van der Waals surface area (Å²) >= 11 is 20.3. The minimum atomic E-state index is 0.545. The van der Waals surface area contributed by atoms with Crippen LogP contribution in [-0.2, 0) is 0 Å². The van der Waals surface area contributed by atoms with Crippen molar-refractivity contribution in [1.82, 2.24) is 0 Å². The second-order valence-corrected chi connectivity index (χ2v) is 10.4. The van der Waals surface area contributed by atoms with Crippen LogP contribution in [0.1, 0.15) is 0 Å². The Morgan fingerprint density at radius 2 is 1.29 bits per heavy atom. The van der Waals surface area contributed by atoms with E-state index in [1.54, 1.807) is 21.6 Å². The number of thiol groups is 4. The van der Waals surface area contributed by atoms with Crippen molar-refractivity contribution >= 4 is 95.6 Å². The second kappa shape index (κ2) is 12.3. The van der Waals surface area contributed by atoms with Crippen LogP contribution in [0.5, 0.6) is 0 Å². The Labute approximate surface area is 125 Å². The van der Waals surface area contributed by atoms with Crippen molar-refractivity contribution in [2.24, 2.45) is 0 Å². The van der Waals surface area contributed by atoms with Crippen LogP contribution in [0.3, 0.4) is 0 Å². The van der Waals surface area contributed by atoms with Crippen LogP contribution < -0.4 is 0 Å². The predicted molar refractivity (Wildman–Crippen MR) is 93.4 cm³/mol. The maximum Gasteiger partial charge on any atom is 0.0563 e. The molecule has 1 fully saturated rings. The molecule has 0 radical (unpaired) electrons. The first-order valence-electron chi connectivity index (χ1n) is 3.76. The van der Waals surface area contributed by atoms with E-state index in [-0.39, 0.29) is 0 Å². The Morgan fingerprint density at radius 1 is 0.929 bits per heavy atom. The monoisotopic (exact) mass is 342 g/mol. The molecule has 0 saturated carbocycles. The third kappa shape index (κ3) is 11.3. The molecule has 14 heavy (non-hydrogen) atoms. The van der Waals surface area contributed by atoms with E-state index in [9.17, 15) is 0 Å². The summed E-state index contributed by atoms with van der Waals surface area (Å²) in [4.78, 5) is 0. The molecular formula is C6H14S8. The summed E-state index contributed by atoms with van der Waals surface area (Å²) in [5, 5.41) is 1.76. The van der Waals surface area contributed by atoms with Crippen molar-refractivity contribution in [3.63, 3.8) is 0 Å². The SMILES string of the molecule is SC1CSC(S)CS1.SCSSCS. The van der Waals surface area contributed by atoms with E-state index >= 15 is 0 Å². The van der Waals surface area contributed by atoms with Gasteiger partial charge in [-0.1, -0.05) is 21.6 Å². The minimum Gasteiger partial charge on any atom is -0.167 e. The zero-order chi connectivity index (χ0) is 10.8. The molecule has 1 heterocycles. The molecule has 1 saturated heterocycles. The summed E-state index contributed by atoms with van der Waals surface area (Å²) in [5.74, 6) is 2.28. The van der Waals surface area contributed by atoms with Crippen LogP contribution in [0.15, 0.2) is 0 Å². The molecule has 8 heteroatoms. The van der Waals surface area contributed by atoms with Crippen molar-refractivity contribution in [3.05, 3.63) is 0 Å². The average molecular weight is 343 g/mol. The fourth-order valence-corrected chi connectivity index (χ4v) is 5.54. The summed E-state index contributed by atoms with van der Waals surface area (Å²) in [5.41, 5.74) is 0. The highest BCUT2D eigenvalue weighted by Gasteiger charge is 2.15. The van der Waals surface area contributed by atoms with E-state index in [2.05, 4.69) is 50.5 Å². The molecule has 86 valence electrons. The maximum atomic E-state index is 4.31. The van der Waals surface area contributed by atoms with Crippen LogP contribution in [0, 0.1) is 0 Å². The first-order valence-corrected chi connectivity index (χ1v) is 10.6. The van der Waals surface area contributed by atoms with E-state index in [0.717, 1.165) is 21.7 Å². The van der Waals surface area contributed by atoms with Gasteiger partial charge in [0.15, 0.2) is 0 Å². The summed E-state index contributed by atoms with van der Waals surface area (Å²) in [6.07, 6.45) is 0. The Morgan fingerprint density at radius 3 is 1.50 bits per heavy atom. The molecule has 0 aromatic carbocycles. The van der Waals surface area contributed by atoms with Gasteiger partial charge in [-0.25, -0.2) is 0 Å². The highest BCUT2D eigenvalue weighted by atomic mass is 33.1. The highest BCUT2D eigenvalue weighted by molar-refractivity contribution is 8.78. The van der Waals surface area contributed by atoms with Gasteiger partial charge >= 0.3 is 0 Å². The molecule has 0 bridgehead atoms. The van der Waals surface area contributed by atoms with Crippen LogP contribution in [0.2, 0.25) is 0 Å². The van der Waals surface area contributed by atoms with Gasteiger partial charge in [0.2, 0.25) is 0 Å². The molecule has 0 aliphatic carbocycles. The van der Waals surface area contributed by atoms with Crippen LogP contribution >= 0.6 is 95.6 Å². The number of hydrogen-bond donors (Lipinski definition) is 4. The van der Waals surface area contributed by atoms with Gasteiger partial charge < -0.3 is 0 Å². The Kier molecular flexibility index (Phi) is 14.7. The van der Waals surface area contributed by atoms with Crippen molar-refractivity contribution < 1.29 is 0 Å². The van der Waals surface area contributed by atoms with Gasteiger partial charge in [0.1, 0.15) is 0 Å². The molecule has 0 amide bonds. The Bertz CT molecular complexity index is 98.4. The van der Waals surface area contributed by atoms with E-state index in [1.807, 2.05) is 23.5 Å². The molecule has 2 unspecified atom stereocenters. The number of rotatable bonds is 3. The largest absolute Gasteiger partial charge is 0.167 e. The molecule has 1 aliphatic heterocycles. The van der Waals surface area contributed by atoms with Gasteiger partial charge in [0.25, 0.3) is 0 Å². The normalized spacial score (nSPS) is 26.6.